The molecule has 0 bridgehead atoms. The van der Waals surface area contributed by atoms with Gasteiger partial charge in [0.05, 0.1) is 19.3 Å². The molecule has 0 spiro atoms. The summed E-state index contributed by atoms with van der Waals surface area (Å²) in [6.45, 7) is 7.14. The van der Waals surface area contributed by atoms with E-state index in [0.29, 0.717) is 0 Å². The van der Waals surface area contributed by atoms with Crippen LogP contribution in [0.25, 0.3) is 0 Å². The third-order valence-corrected chi connectivity index (χ3v) is 4.40. The Balaban J connectivity index is 1.57. The van der Waals surface area contributed by atoms with Crippen LogP contribution in [0.15, 0.2) is 24.3 Å². The maximum atomic E-state index is 8.98. The quantitative estimate of drug-likeness (QED) is 0.887. The van der Waals surface area contributed by atoms with Crippen LogP contribution in [0.1, 0.15) is 17.2 Å². The van der Waals surface area contributed by atoms with E-state index >= 15 is 0 Å². The van der Waals surface area contributed by atoms with Crippen LogP contribution in [0.5, 0.6) is 0 Å². The fraction of sp³-hybridized carbons (Fsp3) is 0.625. The fourth-order valence-corrected chi connectivity index (χ4v) is 3.20. The number of nitrogens with zero attached hydrogens (tertiary/aromatic N) is 2. The first-order valence-corrected chi connectivity index (χ1v) is 7.62. The summed E-state index contributed by atoms with van der Waals surface area (Å²) in [6, 6.07) is 8.67. The molecule has 2 heterocycles. The van der Waals surface area contributed by atoms with Crippen LogP contribution in [0.2, 0.25) is 0 Å². The van der Waals surface area contributed by atoms with E-state index < -0.39 is 0 Å². The van der Waals surface area contributed by atoms with Gasteiger partial charge in [0.1, 0.15) is 0 Å². The Morgan fingerprint density at radius 3 is 2.65 bits per heavy atom. The van der Waals surface area contributed by atoms with E-state index in [1.807, 2.05) is 0 Å². The molecule has 2 aliphatic heterocycles. The number of aliphatic hydroxyl groups excluding tert-OH is 1. The highest BCUT2D eigenvalue weighted by atomic mass is 16.5. The molecular weight excluding hydrogens is 252 g/mol. The van der Waals surface area contributed by atoms with Crippen molar-refractivity contribution in [3.8, 4) is 0 Å². The van der Waals surface area contributed by atoms with Gasteiger partial charge >= 0.3 is 0 Å². The lowest BCUT2D eigenvalue weighted by atomic mass is 9.97. The molecule has 0 saturated carbocycles. The predicted molar refractivity (Wildman–Crippen MR) is 78.8 cm³/mol. The van der Waals surface area contributed by atoms with Crippen LogP contribution >= 0.6 is 0 Å². The Hall–Kier alpha value is -0.940. The standard InChI is InChI=1S/C16H24N2O2/c19-11-10-17-6-8-18(9-7-17)13-16-15-4-2-1-3-14(15)5-12-20-16/h1-4,16,19H,5-13H2. The molecule has 20 heavy (non-hydrogen) atoms. The van der Waals surface area contributed by atoms with Crippen molar-refractivity contribution >= 4 is 0 Å². The van der Waals surface area contributed by atoms with E-state index in [1.165, 1.54) is 11.1 Å². The minimum absolute atomic E-state index is 0.226. The highest BCUT2D eigenvalue weighted by molar-refractivity contribution is 5.31. The second-order valence-electron chi connectivity index (χ2n) is 5.67. The lowest BCUT2D eigenvalue weighted by Crippen LogP contribution is -2.48. The van der Waals surface area contributed by atoms with Crippen molar-refractivity contribution in [1.29, 1.82) is 0 Å². The molecule has 110 valence electrons. The molecule has 1 aromatic carbocycles. The number of ether oxygens (including phenoxy) is 1. The molecule has 4 nitrogen and oxygen atoms in total. The molecule has 1 fully saturated rings. The summed E-state index contributed by atoms with van der Waals surface area (Å²) < 4.78 is 5.99. The van der Waals surface area contributed by atoms with Gasteiger partial charge in [-0.2, -0.15) is 0 Å². The van der Waals surface area contributed by atoms with E-state index in [-0.39, 0.29) is 12.7 Å². The molecule has 1 unspecified atom stereocenters. The summed E-state index contributed by atoms with van der Waals surface area (Å²) in [4.78, 5) is 4.81. The molecule has 1 N–H and O–H groups in total. The van der Waals surface area contributed by atoms with Gasteiger partial charge < -0.3 is 9.84 Å². The van der Waals surface area contributed by atoms with Gasteiger partial charge in [-0.1, -0.05) is 24.3 Å². The molecule has 4 heteroatoms. The molecule has 1 saturated heterocycles. The van der Waals surface area contributed by atoms with Crippen molar-refractivity contribution in [2.24, 2.45) is 0 Å². The van der Waals surface area contributed by atoms with E-state index in [2.05, 4.69) is 34.1 Å². The normalized spacial score (nSPS) is 24.6. The van der Waals surface area contributed by atoms with Crippen LogP contribution in [0.3, 0.4) is 0 Å². The summed E-state index contributed by atoms with van der Waals surface area (Å²) in [7, 11) is 0. The summed E-state index contributed by atoms with van der Waals surface area (Å²) in [5, 5.41) is 8.98. The van der Waals surface area contributed by atoms with E-state index in [0.717, 1.165) is 52.3 Å². The zero-order valence-electron chi connectivity index (χ0n) is 12.0. The number of fused-ring (bicyclic) bond motifs is 1. The maximum Gasteiger partial charge on any atom is 0.0954 e. The van der Waals surface area contributed by atoms with Crippen molar-refractivity contribution in [2.75, 3.05) is 52.5 Å². The molecule has 2 aliphatic rings. The Bertz CT molecular complexity index is 430. The number of benzene rings is 1. The first kappa shape index (κ1) is 14.0. The van der Waals surface area contributed by atoms with Gasteiger partial charge in [-0.15, -0.1) is 0 Å². The first-order chi connectivity index (χ1) is 9.86. The smallest absolute Gasteiger partial charge is 0.0954 e. The van der Waals surface area contributed by atoms with Gasteiger partial charge in [-0.25, -0.2) is 0 Å². The molecule has 0 amide bonds. The Kier molecular flexibility index (Phi) is 4.68. The highest BCUT2D eigenvalue weighted by Gasteiger charge is 2.24. The van der Waals surface area contributed by atoms with Crippen LogP contribution in [0, 0.1) is 0 Å². The van der Waals surface area contributed by atoms with Crippen LogP contribution in [-0.4, -0.2) is 67.4 Å². The van der Waals surface area contributed by atoms with Crippen molar-refractivity contribution in [3.63, 3.8) is 0 Å². The second-order valence-corrected chi connectivity index (χ2v) is 5.67. The molecule has 3 rings (SSSR count). The van der Waals surface area contributed by atoms with Gasteiger partial charge in [0.15, 0.2) is 0 Å². The average molecular weight is 276 g/mol. The van der Waals surface area contributed by atoms with Gasteiger partial charge in [-0.05, 0) is 17.5 Å². The SMILES string of the molecule is OCCN1CCN(CC2OCCc3ccccc32)CC1. The number of aliphatic hydroxyl groups is 1. The Labute approximate surface area is 120 Å². The largest absolute Gasteiger partial charge is 0.395 e. The van der Waals surface area contributed by atoms with Crippen LogP contribution in [0.4, 0.5) is 0 Å². The number of piperazine rings is 1. The summed E-state index contributed by atoms with van der Waals surface area (Å²) in [5.74, 6) is 0. The fourth-order valence-electron chi connectivity index (χ4n) is 3.20. The third kappa shape index (κ3) is 3.20. The molecule has 0 radical (unpaired) electrons. The van der Waals surface area contributed by atoms with Crippen LogP contribution in [-0.2, 0) is 11.2 Å². The van der Waals surface area contributed by atoms with E-state index in [9.17, 15) is 0 Å². The van der Waals surface area contributed by atoms with Gasteiger partial charge in [0, 0.05) is 39.3 Å². The average Bonchev–Trinajstić information content (AvgIpc) is 2.50. The lowest BCUT2D eigenvalue weighted by molar-refractivity contribution is 0.00339. The van der Waals surface area contributed by atoms with E-state index in [4.69, 9.17) is 9.84 Å². The minimum Gasteiger partial charge on any atom is -0.395 e. The zero-order valence-corrected chi connectivity index (χ0v) is 12.0. The Morgan fingerprint density at radius 2 is 1.85 bits per heavy atom. The summed E-state index contributed by atoms with van der Waals surface area (Å²) in [5.41, 5.74) is 2.82. The summed E-state index contributed by atoms with van der Waals surface area (Å²) in [6.07, 6.45) is 1.26. The molecule has 1 aromatic rings. The number of rotatable bonds is 4. The molecular formula is C16H24N2O2. The van der Waals surface area contributed by atoms with Gasteiger partial charge in [0.2, 0.25) is 0 Å². The molecule has 0 aromatic heterocycles. The first-order valence-electron chi connectivity index (χ1n) is 7.62. The van der Waals surface area contributed by atoms with Gasteiger partial charge in [-0.3, -0.25) is 9.80 Å². The molecule has 0 aliphatic carbocycles. The maximum absolute atomic E-state index is 8.98. The number of hydrogen-bond acceptors (Lipinski definition) is 4. The van der Waals surface area contributed by atoms with Crippen molar-refractivity contribution < 1.29 is 9.84 Å². The number of β-amino-alcohol motifs (C(OH)–C–C–N with tert-alkyl or cyclic N) is 1. The van der Waals surface area contributed by atoms with Crippen LogP contribution < -0.4 is 0 Å². The predicted octanol–water partition coefficient (Wildman–Crippen LogP) is 0.910. The topological polar surface area (TPSA) is 35.9 Å². The number of hydrogen-bond donors (Lipinski definition) is 1. The van der Waals surface area contributed by atoms with Crippen molar-refractivity contribution in [1.82, 2.24) is 9.80 Å². The monoisotopic (exact) mass is 276 g/mol. The Morgan fingerprint density at radius 1 is 1.10 bits per heavy atom. The second kappa shape index (κ2) is 6.68. The highest BCUT2D eigenvalue weighted by Crippen LogP contribution is 2.27. The van der Waals surface area contributed by atoms with Gasteiger partial charge in [0.25, 0.3) is 0 Å². The van der Waals surface area contributed by atoms with Crippen molar-refractivity contribution in [3.05, 3.63) is 35.4 Å². The minimum atomic E-state index is 0.226. The third-order valence-electron chi connectivity index (χ3n) is 4.40. The lowest BCUT2D eigenvalue weighted by Gasteiger charge is -2.37. The van der Waals surface area contributed by atoms with E-state index in [1.54, 1.807) is 0 Å². The summed E-state index contributed by atoms with van der Waals surface area (Å²) >= 11 is 0. The molecule has 1 atom stereocenters. The van der Waals surface area contributed by atoms with Crippen molar-refractivity contribution in [2.45, 2.75) is 12.5 Å². The zero-order chi connectivity index (χ0) is 13.8.